The highest BCUT2D eigenvalue weighted by Crippen LogP contribution is 2.16. The molecule has 29 heavy (non-hydrogen) atoms. The molecule has 2 aromatic rings. The van der Waals surface area contributed by atoms with E-state index in [0.29, 0.717) is 24.7 Å². The lowest BCUT2D eigenvalue weighted by molar-refractivity contribution is -0.114. The zero-order chi connectivity index (χ0) is 20.4. The lowest BCUT2D eigenvalue weighted by Gasteiger charge is -2.18. The van der Waals surface area contributed by atoms with E-state index in [1.165, 1.54) is 18.2 Å². The molecule has 9 heteroatoms. The number of benzene rings is 2. The molecule has 0 aromatic heterocycles. The Hall–Kier alpha value is -2.56. The van der Waals surface area contributed by atoms with Crippen LogP contribution in [0.4, 0.5) is 10.1 Å². The molecule has 4 N–H and O–H groups in total. The second-order valence-corrected chi connectivity index (χ2v) is 6.03. The number of ether oxygens (including phenoxy) is 1. The van der Waals surface area contributed by atoms with Crippen molar-refractivity contribution in [2.45, 2.75) is 20.0 Å². The molecular weight excluding hydrogens is 490 g/mol. The van der Waals surface area contributed by atoms with Gasteiger partial charge in [0.2, 0.25) is 5.91 Å². The highest BCUT2D eigenvalue weighted by atomic mass is 127. The molecule has 0 heterocycles. The minimum absolute atomic E-state index is 0. The molecule has 7 nitrogen and oxygen atoms in total. The monoisotopic (exact) mass is 516 g/mol. The highest BCUT2D eigenvalue weighted by molar-refractivity contribution is 14.0. The number of nitrogens with zero attached hydrogens (tertiary/aromatic N) is 1. The molecule has 0 saturated heterocycles. The van der Waals surface area contributed by atoms with Gasteiger partial charge in [0.1, 0.15) is 18.4 Å². The molecule has 0 aliphatic carbocycles. The molecule has 0 spiro atoms. The Balaban J connectivity index is 0.00000420. The van der Waals surface area contributed by atoms with Gasteiger partial charge in [-0.15, -0.1) is 24.0 Å². The van der Waals surface area contributed by atoms with E-state index in [1.807, 2.05) is 6.92 Å². The van der Waals surface area contributed by atoms with Crippen LogP contribution in [0.3, 0.4) is 0 Å². The second-order valence-electron chi connectivity index (χ2n) is 6.03. The fourth-order valence-corrected chi connectivity index (χ4v) is 2.28. The first-order chi connectivity index (χ1) is 13.5. The number of hydrogen-bond donors (Lipinski definition) is 4. The number of aliphatic imine (C=N–C) groups is 1. The SMILES string of the molecule is CCNC(=NCC(=O)Nc1ccc(O)cc1)NCC(C)Oc1ccccc1F.I. The molecule has 1 amide bonds. The van der Waals surface area contributed by atoms with E-state index in [0.717, 1.165) is 0 Å². The van der Waals surface area contributed by atoms with Crippen LogP contribution in [0.1, 0.15) is 13.8 Å². The number of halogens is 2. The third kappa shape index (κ3) is 8.99. The number of phenolic OH excluding ortho intramolecular Hbond substituents is 1. The standard InChI is InChI=1S/C20H25FN4O3.HI/c1-3-22-20(23-12-14(2)28-18-7-5-4-6-17(18)21)24-13-19(27)25-15-8-10-16(26)11-9-15;/h4-11,14,26H,3,12-13H2,1-2H3,(H,25,27)(H2,22,23,24);1H. The topological polar surface area (TPSA) is 95.0 Å². The molecule has 1 unspecified atom stereocenters. The van der Waals surface area contributed by atoms with Gasteiger partial charge < -0.3 is 25.8 Å². The summed E-state index contributed by atoms with van der Waals surface area (Å²) in [6.45, 7) is 4.62. The minimum atomic E-state index is -0.416. The summed E-state index contributed by atoms with van der Waals surface area (Å²) >= 11 is 0. The molecule has 0 saturated carbocycles. The number of phenols is 1. The quantitative estimate of drug-likeness (QED) is 0.187. The number of carbonyl (C=O) groups is 1. The van der Waals surface area contributed by atoms with Crippen molar-refractivity contribution >= 4 is 41.5 Å². The summed E-state index contributed by atoms with van der Waals surface area (Å²) in [4.78, 5) is 16.2. The first kappa shape index (κ1) is 24.5. The van der Waals surface area contributed by atoms with Crippen LogP contribution in [0.2, 0.25) is 0 Å². The summed E-state index contributed by atoms with van der Waals surface area (Å²) in [5, 5.41) is 18.0. The lowest BCUT2D eigenvalue weighted by atomic mass is 10.3. The maximum atomic E-state index is 13.6. The summed E-state index contributed by atoms with van der Waals surface area (Å²) in [6, 6.07) is 12.4. The van der Waals surface area contributed by atoms with E-state index in [9.17, 15) is 14.3 Å². The normalized spacial score (nSPS) is 11.8. The number of aromatic hydroxyl groups is 1. The Morgan fingerprint density at radius 1 is 1.17 bits per heavy atom. The van der Waals surface area contributed by atoms with E-state index in [-0.39, 0.29) is 54.0 Å². The fourth-order valence-electron chi connectivity index (χ4n) is 2.28. The van der Waals surface area contributed by atoms with Gasteiger partial charge in [-0.25, -0.2) is 9.38 Å². The summed E-state index contributed by atoms with van der Waals surface area (Å²) in [6.07, 6.45) is -0.313. The van der Waals surface area contributed by atoms with Crippen molar-refractivity contribution in [1.29, 1.82) is 0 Å². The number of nitrogens with one attached hydrogen (secondary N) is 3. The van der Waals surface area contributed by atoms with E-state index < -0.39 is 5.82 Å². The zero-order valence-electron chi connectivity index (χ0n) is 16.3. The van der Waals surface area contributed by atoms with Crippen LogP contribution >= 0.6 is 24.0 Å². The van der Waals surface area contributed by atoms with Gasteiger partial charge in [0, 0.05) is 12.2 Å². The first-order valence-corrected chi connectivity index (χ1v) is 9.00. The number of amides is 1. The molecule has 2 aromatic carbocycles. The molecule has 0 fully saturated rings. The Labute approximate surface area is 186 Å². The molecule has 158 valence electrons. The summed E-state index contributed by atoms with van der Waals surface area (Å²) in [5.41, 5.74) is 0.572. The van der Waals surface area contributed by atoms with E-state index >= 15 is 0 Å². The Morgan fingerprint density at radius 2 is 1.86 bits per heavy atom. The predicted molar refractivity (Wildman–Crippen MR) is 123 cm³/mol. The number of carbonyl (C=O) groups excluding carboxylic acids is 1. The van der Waals surface area contributed by atoms with Crippen LogP contribution in [-0.4, -0.2) is 42.7 Å². The Kier molecular flexibility index (Phi) is 10.8. The fraction of sp³-hybridized carbons (Fsp3) is 0.300. The van der Waals surface area contributed by atoms with Crippen molar-refractivity contribution in [1.82, 2.24) is 10.6 Å². The highest BCUT2D eigenvalue weighted by Gasteiger charge is 2.09. The Bertz CT molecular complexity index is 803. The molecule has 0 aliphatic rings. The lowest BCUT2D eigenvalue weighted by Crippen LogP contribution is -2.42. The van der Waals surface area contributed by atoms with Crippen molar-refractivity contribution in [3.63, 3.8) is 0 Å². The maximum absolute atomic E-state index is 13.6. The van der Waals surface area contributed by atoms with Crippen molar-refractivity contribution in [2.75, 3.05) is 25.0 Å². The van der Waals surface area contributed by atoms with Gasteiger partial charge in [-0.1, -0.05) is 12.1 Å². The second kappa shape index (κ2) is 12.8. The van der Waals surface area contributed by atoms with Crippen LogP contribution < -0.4 is 20.7 Å². The predicted octanol–water partition coefficient (Wildman–Crippen LogP) is 3.11. The molecule has 1 atom stereocenters. The number of hydrogen-bond acceptors (Lipinski definition) is 4. The Morgan fingerprint density at radius 3 is 2.52 bits per heavy atom. The van der Waals surface area contributed by atoms with Crippen molar-refractivity contribution in [2.24, 2.45) is 4.99 Å². The van der Waals surface area contributed by atoms with E-state index in [4.69, 9.17) is 4.74 Å². The average Bonchev–Trinajstić information content (AvgIpc) is 2.67. The average molecular weight is 516 g/mol. The molecule has 2 rings (SSSR count). The van der Waals surface area contributed by atoms with Crippen LogP contribution in [0.25, 0.3) is 0 Å². The van der Waals surface area contributed by atoms with Crippen molar-refractivity contribution in [3.05, 3.63) is 54.3 Å². The summed E-state index contributed by atoms with van der Waals surface area (Å²) < 4.78 is 19.2. The number of anilines is 1. The third-order valence-electron chi connectivity index (χ3n) is 3.60. The van der Waals surface area contributed by atoms with Crippen LogP contribution in [0, 0.1) is 5.82 Å². The summed E-state index contributed by atoms with van der Waals surface area (Å²) in [7, 11) is 0. The number of rotatable bonds is 8. The third-order valence-corrected chi connectivity index (χ3v) is 3.60. The number of guanidine groups is 1. The molecule has 0 aliphatic heterocycles. The van der Waals surface area contributed by atoms with Gasteiger partial charge in [0.05, 0.1) is 6.54 Å². The van der Waals surface area contributed by atoms with E-state index in [2.05, 4.69) is 20.9 Å². The summed E-state index contributed by atoms with van der Waals surface area (Å²) in [5.74, 6) is 0.0557. The maximum Gasteiger partial charge on any atom is 0.246 e. The minimum Gasteiger partial charge on any atom is -0.508 e. The van der Waals surface area contributed by atoms with Crippen LogP contribution in [0.5, 0.6) is 11.5 Å². The smallest absolute Gasteiger partial charge is 0.246 e. The van der Waals surface area contributed by atoms with Crippen LogP contribution in [0.15, 0.2) is 53.5 Å². The first-order valence-electron chi connectivity index (χ1n) is 9.00. The van der Waals surface area contributed by atoms with Gasteiger partial charge >= 0.3 is 0 Å². The largest absolute Gasteiger partial charge is 0.508 e. The van der Waals surface area contributed by atoms with Gasteiger partial charge in [-0.2, -0.15) is 0 Å². The molecule has 0 bridgehead atoms. The van der Waals surface area contributed by atoms with E-state index in [1.54, 1.807) is 37.3 Å². The van der Waals surface area contributed by atoms with Crippen molar-refractivity contribution < 1.29 is 19.0 Å². The molecular formula is C20H26FIN4O3. The molecule has 0 radical (unpaired) electrons. The van der Waals surface area contributed by atoms with Crippen molar-refractivity contribution in [3.8, 4) is 11.5 Å². The number of para-hydroxylation sites is 1. The van der Waals surface area contributed by atoms with Gasteiger partial charge in [-0.05, 0) is 50.2 Å². The van der Waals surface area contributed by atoms with Gasteiger partial charge in [0.15, 0.2) is 17.5 Å². The zero-order valence-corrected chi connectivity index (χ0v) is 18.6. The van der Waals surface area contributed by atoms with Gasteiger partial charge in [0.25, 0.3) is 0 Å². The van der Waals surface area contributed by atoms with Gasteiger partial charge in [-0.3, -0.25) is 4.79 Å². The van der Waals surface area contributed by atoms with Crippen LogP contribution in [-0.2, 0) is 4.79 Å².